The summed E-state index contributed by atoms with van der Waals surface area (Å²) in [7, 11) is 1.61. The molecular weight excluding hydrogens is 402 g/mol. The number of urea groups is 1. The molecule has 4 rings (SSSR count). The highest BCUT2D eigenvalue weighted by Crippen LogP contribution is 2.28. The first-order valence-electron chi connectivity index (χ1n) is 10.3. The highest BCUT2D eigenvalue weighted by Gasteiger charge is 2.23. The Morgan fingerprint density at radius 2 is 1.97 bits per heavy atom. The number of hydrogen-bond donors (Lipinski definition) is 3. The first kappa shape index (κ1) is 20.6. The van der Waals surface area contributed by atoms with Crippen molar-refractivity contribution in [2.24, 2.45) is 0 Å². The van der Waals surface area contributed by atoms with Crippen molar-refractivity contribution in [2.45, 2.75) is 44.7 Å². The summed E-state index contributed by atoms with van der Waals surface area (Å²) in [6.07, 6.45) is 5.23. The minimum atomic E-state index is -0.177. The number of fused-ring (bicyclic) bond motifs is 1. The fourth-order valence-corrected chi connectivity index (χ4v) is 4.95. The van der Waals surface area contributed by atoms with Crippen LogP contribution in [0.25, 0.3) is 0 Å². The number of carbonyl (C=O) groups excluding carboxylic acids is 2. The average Bonchev–Trinajstić information content (AvgIpc) is 3.37. The first-order chi connectivity index (χ1) is 14.6. The van der Waals surface area contributed by atoms with Gasteiger partial charge in [0.2, 0.25) is 5.91 Å². The van der Waals surface area contributed by atoms with E-state index in [0.29, 0.717) is 18.2 Å². The van der Waals surface area contributed by atoms with Crippen molar-refractivity contribution in [1.82, 2.24) is 15.2 Å². The van der Waals surface area contributed by atoms with Crippen molar-refractivity contribution < 1.29 is 14.3 Å². The number of ether oxygens (including phenoxy) is 1. The van der Waals surface area contributed by atoms with Gasteiger partial charge in [0.05, 0.1) is 19.3 Å². The van der Waals surface area contributed by atoms with Crippen LogP contribution < -0.4 is 20.7 Å². The van der Waals surface area contributed by atoms with Crippen LogP contribution in [0.5, 0.6) is 5.75 Å². The number of hydrogen-bond acceptors (Lipinski definition) is 6. The summed E-state index contributed by atoms with van der Waals surface area (Å²) in [5.41, 5.74) is 1.76. The highest BCUT2D eigenvalue weighted by molar-refractivity contribution is 7.15. The van der Waals surface area contributed by atoms with Crippen molar-refractivity contribution in [3.05, 3.63) is 34.8 Å². The molecule has 2 aromatic rings. The summed E-state index contributed by atoms with van der Waals surface area (Å²) < 4.78 is 5.13. The number of rotatable bonds is 6. The maximum Gasteiger partial charge on any atom is 0.321 e. The van der Waals surface area contributed by atoms with E-state index in [4.69, 9.17) is 4.74 Å². The van der Waals surface area contributed by atoms with Crippen LogP contribution >= 0.6 is 11.3 Å². The molecule has 160 valence electrons. The van der Waals surface area contributed by atoms with Gasteiger partial charge in [-0.25, -0.2) is 9.78 Å². The Kier molecular flexibility index (Phi) is 6.49. The van der Waals surface area contributed by atoms with Crippen LogP contribution in [0.4, 0.5) is 15.6 Å². The van der Waals surface area contributed by atoms with E-state index in [9.17, 15) is 9.59 Å². The molecule has 1 fully saturated rings. The molecule has 0 unspecified atom stereocenters. The Bertz CT molecular complexity index is 893. The van der Waals surface area contributed by atoms with E-state index in [0.717, 1.165) is 47.8 Å². The zero-order valence-electron chi connectivity index (χ0n) is 17.1. The van der Waals surface area contributed by atoms with Gasteiger partial charge in [-0.15, -0.1) is 11.3 Å². The SMILES string of the molecule is COc1ccc(NC(=O)CN2CCc3nc(NC(=O)NC4CCCC4)sc3C2)cc1. The van der Waals surface area contributed by atoms with E-state index in [2.05, 4.69) is 25.8 Å². The van der Waals surface area contributed by atoms with E-state index in [1.54, 1.807) is 7.11 Å². The summed E-state index contributed by atoms with van der Waals surface area (Å²) in [5.74, 6) is 0.700. The number of nitrogens with one attached hydrogen (secondary N) is 3. The van der Waals surface area contributed by atoms with Gasteiger partial charge in [-0.3, -0.25) is 15.0 Å². The van der Waals surface area contributed by atoms with Crippen molar-refractivity contribution in [3.63, 3.8) is 0 Å². The fourth-order valence-electron chi connectivity index (χ4n) is 3.90. The molecule has 0 bridgehead atoms. The number of methoxy groups -OCH3 is 1. The largest absolute Gasteiger partial charge is 0.497 e. The predicted octanol–water partition coefficient (Wildman–Crippen LogP) is 3.21. The van der Waals surface area contributed by atoms with Gasteiger partial charge in [0.25, 0.3) is 0 Å². The third-order valence-corrected chi connectivity index (χ3v) is 6.46. The predicted molar refractivity (Wildman–Crippen MR) is 117 cm³/mol. The van der Waals surface area contributed by atoms with Crippen LogP contribution in [0.3, 0.4) is 0 Å². The van der Waals surface area contributed by atoms with Gasteiger partial charge in [0, 0.05) is 36.1 Å². The maximum absolute atomic E-state index is 12.4. The van der Waals surface area contributed by atoms with Gasteiger partial charge in [0.1, 0.15) is 5.75 Å². The molecule has 0 saturated heterocycles. The molecule has 0 spiro atoms. The second kappa shape index (κ2) is 9.44. The fraction of sp³-hybridized carbons (Fsp3) is 0.476. The summed E-state index contributed by atoms with van der Waals surface area (Å²) in [5, 5.41) is 9.43. The van der Waals surface area contributed by atoms with E-state index in [1.807, 2.05) is 24.3 Å². The van der Waals surface area contributed by atoms with E-state index in [-0.39, 0.29) is 18.0 Å². The Labute approximate surface area is 180 Å². The number of anilines is 2. The average molecular weight is 430 g/mol. The molecule has 9 heteroatoms. The number of carbonyl (C=O) groups is 2. The molecule has 0 radical (unpaired) electrons. The number of amides is 3. The Balaban J connectivity index is 1.27. The monoisotopic (exact) mass is 429 g/mol. The molecular formula is C21H27N5O3S. The minimum absolute atomic E-state index is 0.0533. The number of aromatic nitrogens is 1. The molecule has 0 atom stereocenters. The lowest BCUT2D eigenvalue weighted by atomic mass is 10.2. The summed E-state index contributed by atoms with van der Waals surface area (Å²) in [4.78, 5) is 32.4. The molecule has 1 saturated carbocycles. The normalized spacial score (nSPS) is 16.7. The van der Waals surface area contributed by atoms with Gasteiger partial charge >= 0.3 is 6.03 Å². The number of benzene rings is 1. The van der Waals surface area contributed by atoms with Crippen molar-refractivity contribution in [3.8, 4) is 5.75 Å². The highest BCUT2D eigenvalue weighted by atomic mass is 32.1. The van der Waals surface area contributed by atoms with Crippen molar-refractivity contribution in [1.29, 1.82) is 0 Å². The van der Waals surface area contributed by atoms with Gasteiger partial charge in [-0.1, -0.05) is 12.8 Å². The van der Waals surface area contributed by atoms with Gasteiger partial charge in [-0.2, -0.15) is 0 Å². The molecule has 3 N–H and O–H groups in total. The lowest BCUT2D eigenvalue weighted by Crippen LogP contribution is -2.36. The molecule has 1 aliphatic heterocycles. The Hall–Kier alpha value is -2.65. The molecule has 30 heavy (non-hydrogen) atoms. The zero-order valence-corrected chi connectivity index (χ0v) is 17.9. The van der Waals surface area contributed by atoms with Gasteiger partial charge in [0.15, 0.2) is 5.13 Å². The second-order valence-electron chi connectivity index (χ2n) is 7.71. The molecule has 3 amide bonds. The lowest BCUT2D eigenvalue weighted by Gasteiger charge is -2.25. The van der Waals surface area contributed by atoms with Crippen LogP contribution in [-0.2, 0) is 17.8 Å². The quantitative estimate of drug-likeness (QED) is 0.655. The van der Waals surface area contributed by atoms with Crippen LogP contribution in [0.1, 0.15) is 36.3 Å². The van der Waals surface area contributed by atoms with Crippen LogP contribution in [0.2, 0.25) is 0 Å². The molecule has 1 aromatic carbocycles. The Morgan fingerprint density at radius 3 is 2.70 bits per heavy atom. The molecule has 8 nitrogen and oxygen atoms in total. The number of nitrogens with zero attached hydrogens (tertiary/aromatic N) is 2. The van der Waals surface area contributed by atoms with Gasteiger partial charge in [-0.05, 0) is 37.1 Å². The topological polar surface area (TPSA) is 95.6 Å². The smallest absolute Gasteiger partial charge is 0.321 e. The minimum Gasteiger partial charge on any atom is -0.497 e. The van der Waals surface area contributed by atoms with Crippen LogP contribution in [-0.4, -0.2) is 48.1 Å². The molecule has 1 aromatic heterocycles. The maximum atomic E-state index is 12.4. The lowest BCUT2D eigenvalue weighted by molar-refractivity contribution is -0.117. The van der Waals surface area contributed by atoms with E-state index in [1.165, 1.54) is 24.2 Å². The van der Waals surface area contributed by atoms with Crippen LogP contribution in [0.15, 0.2) is 24.3 Å². The van der Waals surface area contributed by atoms with Crippen molar-refractivity contribution >= 4 is 34.1 Å². The standard InChI is InChI=1S/C21H27N5O3S/c1-29-16-8-6-15(7-9-16)22-19(27)13-26-11-10-17-18(12-26)30-21(24-17)25-20(28)23-14-4-2-3-5-14/h6-9,14H,2-5,10-13H2,1H3,(H,22,27)(H2,23,24,25,28). The van der Waals surface area contributed by atoms with Crippen LogP contribution in [0, 0.1) is 0 Å². The summed E-state index contributed by atoms with van der Waals surface area (Å²) in [6.45, 7) is 1.74. The zero-order chi connectivity index (χ0) is 20.9. The molecule has 2 aliphatic rings. The molecule has 1 aliphatic carbocycles. The Morgan fingerprint density at radius 1 is 1.20 bits per heavy atom. The molecule has 2 heterocycles. The van der Waals surface area contributed by atoms with E-state index < -0.39 is 0 Å². The third-order valence-electron chi connectivity index (χ3n) is 5.46. The van der Waals surface area contributed by atoms with Crippen molar-refractivity contribution in [2.75, 3.05) is 30.8 Å². The summed E-state index contributed by atoms with van der Waals surface area (Å²) in [6, 6.07) is 7.38. The first-order valence-corrected chi connectivity index (χ1v) is 11.1. The number of thiazole rings is 1. The van der Waals surface area contributed by atoms with E-state index >= 15 is 0 Å². The second-order valence-corrected chi connectivity index (χ2v) is 8.79. The third kappa shape index (κ3) is 5.28. The summed E-state index contributed by atoms with van der Waals surface area (Å²) >= 11 is 1.49. The van der Waals surface area contributed by atoms with Gasteiger partial charge < -0.3 is 15.4 Å².